The van der Waals surface area contributed by atoms with Crippen LogP contribution in [0.3, 0.4) is 0 Å². The molecule has 0 aromatic heterocycles. The van der Waals surface area contributed by atoms with Crippen LogP contribution < -0.4 is 16.0 Å². The highest BCUT2D eigenvalue weighted by atomic mass is 32.1. The topological polar surface area (TPSA) is 70.2 Å². The predicted molar refractivity (Wildman–Crippen MR) is 118 cm³/mol. The Labute approximate surface area is 171 Å². The molecule has 3 N–H and O–H groups in total. The lowest BCUT2D eigenvalue weighted by atomic mass is 9.87. The van der Waals surface area contributed by atoms with Crippen LogP contribution in [0.15, 0.2) is 48.5 Å². The average molecular weight is 398 g/mol. The van der Waals surface area contributed by atoms with Gasteiger partial charge >= 0.3 is 0 Å². The second kappa shape index (κ2) is 9.46. The quantitative estimate of drug-likeness (QED) is 0.672. The van der Waals surface area contributed by atoms with E-state index in [2.05, 4.69) is 36.7 Å². The van der Waals surface area contributed by atoms with Crippen LogP contribution in [0.4, 0.5) is 5.69 Å². The van der Waals surface area contributed by atoms with E-state index in [0.717, 1.165) is 11.3 Å². The number of rotatable bonds is 5. The largest absolute Gasteiger partial charge is 0.359 e. The van der Waals surface area contributed by atoms with Crippen LogP contribution in [0.25, 0.3) is 0 Å². The third kappa shape index (κ3) is 6.46. The second-order valence-corrected chi connectivity index (χ2v) is 8.01. The molecule has 0 saturated heterocycles. The van der Waals surface area contributed by atoms with Crippen molar-refractivity contribution >= 4 is 34.8 Å². The molecule has 0 spiro atoms. The van der Waals surface area contributed by atoms with E-state index in [0.29, 0.717) is 18.4 Å². The van der Waals surface area contributed by atoms with Crippen molar-refractivity contribution in [1.82, 2.24) is 10.6 Å². The fourth-order valence-corrected chi connectivity index (χ4v) is 2.81. The summed E-state index contributed by atoms with van der Waals surface area (Å²) in [6.45, 7) is 6.39. The number of aryl methyl sites for hydroxylation is 1. The Morgan fingerprint density at radius 1 is 0.964 bits per heavy atom. The molecule has 148 valence electrons. The summed E-state index contributed by atoms with van der Waals surface area (Å²) in [5.74, 6) is -0.234. The van der Waals surface area contributed by atoms with Crippen LogP contribution in [0, 0.1) is 0 Å². The fraction of sp³-hybridized carbons (Fsp3) is 0.318. The van der Waals surface area contributed by atoms with Crippen LogP contribution >= 0.6 is 12.2 Å². The third-order valence-corrected chi connectivity index (χ3v) is 4.58. The molecule has 0 bridgehead atoms. The molecule has 2 aromatic rings. The zero-order chi connectivity index (χ0) is 20.7. The van der Waals surface area contributed by atoms with Gasteiger partial charge < -0.3 is 10.6 Å². The number of carbonyl (C=O) groups excluding carboxylic acids is 2. The highest BCUT2D eigenvalue weighted by Gasteiger charge is 2.14. The lowest BCUT2D eigenvalue weighted by molar-refractivity contribution is -0.120. The summed E-state index contributed by atoms with van der Waals surface area (Å²) in [7, 11) is 1.63. The van der Waals surface area contributed by atoms with E-state index >= 15 is 0 Å². The molecule has 0 fully saturated rings. The summed E-state index contributed by atoms with van der Waals surface area (Å²) in [4.78, 5) is 23.7. The van der Waals surface area contributed by atoms with Crippen molar-refractivity contribution in [3.8, 4) is 0 Å². The van der Waals surface area contributed by atoms with Gasteiger partial charge in [-0.15, -0.1) is 0 Å². The van der Waals surface area contributed by atoms with E-state index in [-0.39, 0.29) is 22.3 Å². The molecular formula is C22H27N3O2S. The lowest BCUT2D eigenvalue weighted by Crippen LogP contribution is -2.34. The Hall–Kier alpha value is -2.73. The molecule has 0 aliphatic heterocycles. The Kier molecular flexibility index (Phi) is 7.29. The van der Waals surface area contributed by atoms with Crippen molar-refractivity contribution < 1.29 is 9.59 Å². The standard InChI is InChI=1S/C22H27N3O2S/c1-22(2,3)17-10-8-16(9-11-17)20(27)25-21(28)24-18-12-5-15(6-13-18)7-14-19(26)23-4/h5-6,8-13H,7,14H2,1-4H3,(H,23,26)(H2,24,25,27,28). The Morgan fingerprint density at radius 2 is 1.57 bits per heavy atom. The van der Waals surface area contributed by atoms with E-state index in [1.54, 1.807) is 19.2 Å². The fourth-order valence-electron chi connectivity index (χ4n) is 2.60. The number of hydrogen-bond donors (Lipinski definition) is 3. The van der Waals surface area contributed by atoms with Gasteiger partial charge in [0.25, 0.3) is 5.91 Å². The van der Waals surface area contributed by atoms with Gasteiger partial charge in [0.15, 0.2) is 5.11 Å². The van der Waals surface area contributed by atoms with E-state index in [1.807, 2.05) is 36.4 Å². The van der Waals surface area contributed by atoms with Crippen LogP contribution in [0.5, 0.6) is 0 Å². The maximum absolute atomic E-state index is 12.4. The van der Waals surface area contributed by atoms with Gasteiger partial charge in [0.2, 0.25) is 5.91 Å². The minimum absolute atomic E-state index is 0.0154. The molecule has 0 aliphatic carbocycles. The van der Waals surface area contributed by atoms with Gasteiger partial charge in [-0.3, -0.25) is 14.9 Å². The number of thiocarbonyl (C=S) groups is 1. The molecule has 0 unspecified atom stereocenters. The first-order chi connectivity index (χ1) is 13.2. The Balaban J connectivity index is 1.89. The first-order valence-corrected chi connectivity index (χ1v) is 9.62. The summed E-state index contributed by atoms with van der Waals surface area (Å²) in [6.07, 6.45) is 1.12. The summed E-state index contributed by atoms with van der Waals surface area (Å²) in [5, 5.41) is 8.54. The number of benzene rings is 2. The Morgan fingerprint density at radius 3 is 2.11 bits per heavy atom. The van der Waals surface area contributed by atoms with Crippen molar-refractivity contribution in [3.63, 3.8) is 0 Å². The molecule has 2 aromatic carbocycles. The molecule has 28 heavy (non-hydrogen) atoms. The predicted octanol–water partition coefficient (Wildman–Crippen LogP) is 3.79. The van der Waals surface area contributed by atoms with Crippen LogP contribution in [-0.4, -0.2) is 24.0 Å². The molecule has 5 nitrogen and oxygen atoms in total. The van der Waals surface area contributed by atoms with Crippen molar-refractivity contribution in [2.45, 2.75) is 39.0 Å². The molecule has 2 rings (SSSR count). The minimum Gasteiger partial charge on any atom is -0.359 e. The zero-order valence-corrected chi connectivity index (χ0v) is 17.6. The van der Waals surface area contributed by atoms with Crippen molar-refractivity contribution in [3.05, 3.63) is 65.2 Å². The van der Waals surface area contributed by atoms with E-state index in [9.17, 15) is 9.59 Å². The molecule has 0 saturated carbocycles. The summed E-state index contributed by atoms with van der Waals surface area (Å²) < 4.78 is 0. The number of anilines is 1. The first-order valence-electron chi connectivity index (χ1n) is 9.21. The van der Waals surface area contributed by atoms with Gasteiger partial charge in [0.05, 0.1) is 0 Å². The zero-order valence-electron chi connectivity index (χ0n) is 16.8. The monoisotopic (exact) mass is 397 g/mol. The van der Waals surface area contributed by atoms with Gasteiger partial charge in [-0.05, 0) is 59.4 Å². The van der Waals surface area contributed by atoms with E-state index in [4.69, 9.17) is 12.2 Å². The van der Waals surface area contributed by atoms with E-state index in [1.165, 1.54) is 5.56 Å². The molecule has 6 heteroatoms. The molecular weight excluding hydrogens is 370 g/mol. The van der Waals surface area contributed by atoms with E-state index < -0.39 is 0 Å². The molecule has 0 aliphatic rings. The highest BCUT2D eigenvalue weighted by Crippen LogP contribution is 2.22. The maximum Gasteiger partial charge on any atom is 0.257 e. The normalized spacial score (nSPS) is 10.9. The third-order valence-electron chi connectivity index (χ3n) is 4.37. The van der Waals surface area contributed by atoms with Gasteiger partial charge in [-0.1, -0.05) is 45.0 Å². The summed E-state index contributed by atoms with van der Waals surface area (Å²) >= 11 is 5.24. The van der Waals surface area contributed by atoms with Crippen molar-refractivity contribution in [2.75, 3.05) is 12.4 Å². The number of carbonyl (C=O) groups is 2. The summed E-state index contributed by atoms with van der Waals surface area (Å²) in [5.41, 5.74) is 3.60. The van der Waals surface area contributed by atoms with Gasteiger partial charge in [0.1, 0.15) is 0 Å². The number of nitrogens with one attached hydrogen (secondary N) is 3. The van der Waals surface area contributed by atoms with Crippen LogP contribution in [0.2, 0.25) is 0 Å². The first kappa shape index (κ1) is 21.6. The molecule has 0 atom stereocenters. The SMILES string of the molecule is CNC(=O)CCc1ccc(NC(=S)NC(=O)c2ccc(C(C)(C)C)cc2)cc1. The van der Waals surface area contributed by atoms with Crippen molar-refractivity contribution in [1.29, 1.82) is 0 Å². The van der Waals surface area contributed by atoms with Crippen LogP contribution in [0.1, 0.15) is 48.7 Å². The van der Waals surface area contributed by atoms with Crippen LogP contribution in [-0.2, 0) is 16.6 Å². The van der Waals surface area contributed by atoms with Gasteiger partial charge in [0, 0.05) is 24.7 Å². The highest BCUT2D eigenvalue weighted by molar-refractivity contribution is 7.80. The maximum atomic E-state index is 12.4. The smallest absolute Gasteiger partial charge is 0.257 e. The number of amides is 2. The molecule has 0 radical (unpaired) electrons. The number of hydrogen-bond acceptors (Lipinski definition) is 3. The van der Waals surface area contributed by atoms with Gasteiger partial charge in [-0.25, -0.2) is 0 Å². The lowest BCUT2D eigenvalue weighted by Gasteiger charge is -2.19. The van der Waals surface area contributed by atoms with Crippen molar-refractivity contribution in [2.24, 2.45) is 0 Å². The minimum atomic E-state index is -0.250. The molecule has 2 amide bonds. The van der Waals surface area contributed by atoms with Gasteiger partial charge in [-0.2, -0.15) is 0 Å². The molecule has 0 heterocycles. The average Bonchev–Trinajstić information content (AvgIpc) is 2.66. The summed E-state index contributed by atoms with van der Waals surface area (Å²) in [6, 6.07) is 15.1. The second-order valence-electron chi connectivity index (χ2n) is 7.61. The Bertz CT molecular complexity index is 838.